The van der Waals surface area contributed by atoms with Crippen molar-refractivity contribution in [2.24, 2.45) is 5.10 Å². The molecule has 0 aliphatic carbocycles. The van der Waals surface area contributed by atoms with Crippen LogP contribution >= 0.6 is 27.5 Å². The van der Waals surface area contributed by atoms with Crippen LogP contribution in [0, 0.1) is 0 Å². The van der Waals surface area contributed by atoms with Crippen molar-refractivity contribution in [3.8, 4) is 11.5 Å². The highest BCUT2D eigenvalue weighted by atomic mass is 79.9. The summed E-state index contributed by atoms with van der Waals surface area (Å²) in [6.45, 7) is 0.252. The molecule has 0 saturated heterocycles. The minimum atomic E-state index is -0.352. The molecule has 31 heavy (non-hydrogen) atoms. The molecule has 1 N–H and O–H groups in total. The van der Waals surface area contributed by atoms with Gasteiger partial charge in [0.05, 0.1) is 18.4 Å². The third kappa shape index (κ3) is 4.03. The maximum Gasteiger partial charge on any atom is 0.213 e. The Morgan fingerprint density at radius 3 is 2.61 bits per heavy atom. The highest BCUT2D eigenvalue weighted by Gasteiger charge is 2.41. The number of aliphatic hydroxyl groups is 1. The average molecular weight is 500 g/mol. The molecular weight excluding hydrogens is 480 g/mol. The first kappa shape index (κ1) is 20.4. The van der Waals surface area contributed by atoms with E-state index < -0.39 is 0 Å². The van der Waals surface area contributed by atoms with Crippen LogP contribution in [0.15, 0.2) is 76.3 Å². The predicted octanol–water partition coefficient (Wildman–Crippen LogP) is 5.72. The fraction of sp³-hybridized carbons (Fsp3) is 0.208. The molecule has 0 aromatic heterocycles. The Hall–Kier alpha value is -2.54. The second-order valence-corrected chi connectivity index (χ2v) is 8.80. The molecule has 0 amide bonds. The lowest BCUT2D eigenvalue weighted by Crippen LogP contribution is -2.33. The zero-order chi connectivity index (χ0) is 21.4. The number of halogens is 2. The average Bonchev–Trinajstić information content (AvgIpc) is 3.24. The van der Waals surface area contributed by atoms with Gasteiger partial charge in [0.2, 0.25) is 6.23 Å². The Morgan fingerprint density at radius 2 is 1.87 bits per heavy atom. The van der Waals surface area contributed by atoms with Crippen molar-refractivity contribution >= 4 is 33.2 Å². The van der Waals surface area contributed by atoms with E-state index in [4.69, 9.17) is 31.3 Å². The van der Waals surface area contributed by atoms with Crippen molar-refractivity contribution in [2.45, 2.75) is 18.7 Å². The van der Waals surface area contributed by atoms with Crippen LogP contribution in [0.4, 0.5) is 0 Å². The third-order valence-electron chi connectivity index (χ3n) is 5.45. The molecule has 2 heterocycles. The van der Waals surface area contributed by atoms with E-state index in [-0.39, 0.29) is 25.5 Å². The molecule has 0 unspecified atom stereocenters. The lowest BCUT2D eigenvalue weighted by atomic mass is 9.96. The summed E-state index contributed by atoms with van der Waals surface area (Å²) in [5.74, 6) is 1.57. The number of nitrogens with zero attached hydrogens (tertiary/aromatic N) is 2. The molecule has 0 bridgehead atoms. The Kier molecular flexibility index (Phi) is 5.61. The smallest absolute Gasteiger partial charge is 0.213 e. The van der Waals surface area contributed by atoms with Gasteiger partial charge < -0.3 is 14.6 Å². The van der Waals surface area contributed by atoms with Crippen LogP contribution in [0.3, 0.4) is 0 Å². The van der Waals surface area contributed by atoms with Gasteiger partial charge in [0.15, 0.2) is 0 Å². The largest absolute Gasteiger partial charge is 0.491 e. The monoisotopic (exact) mass is 498 g/mol. The number of ether oxygens (including phenoxy) is 2. The van der Waals surface area contributed by atoms with Gasteiger partial charge in [0, 0.05) is 27.0 Å². The highest BCUT2D eigenvalue weighted by Crippen LogP contribution is 2.48. The van der Waals surface area contributed by atoms with E-state index in [0.29, 0.717) is 10.8 Å². The number of benzene rings is 3. The SMILES string of the molecule is OCCOc1ccc([C@@H]2Oc3ccc(Br)cc3[C@H]3CC(c4ccc(Cl)cc4)=NN32)cc1. The molecule has 2 aliphatic heterocycles. The van der Waals surface area contributed by atoms with Crippen LogP contribution in [0.25, 0.3) is 0 Å². The first-order valence-electron chi connectivity index (χ1n) is 10.0. The summed E-state index contributed by atoms with van der Waals surface area (Å²) in [6, 6.07) is 21.7. The van der Waals surface area contributed by atoms with E-state index in [1.165, 1.54) is 0 Å². The zero-order valence-corrected chi connectivity index (χ0v) is 18.9. The standard InChI is InChI=1S/C24H20BrClN2O3/c25-17-5-10-23-20(13-17)22-14-21(15-1-6-18(26)7-2-15)27-28(22)24(31-23)16-3-8-19(9-4-16)30-12-11-29/h1-10,13,22,24,29H,11-12,14H2/t22-,24+/m1/s1. The molecule has 158 valence electrons. The van der Waals surface area contributed by atoms with Crippen molar-refractivity contribution in [2.75, 3.05) is 13.2 Å². The predicted molar refractivity (Wildman–Crippen MR) is 124 cm³/mol. The summed E-state index contributed by atoms with van der Waals surface area (Å²) in [4.78, 5) is 0. The molecule has 0 saturated carbocycles. The fourth-order valence-electron chi connectivity index (χ4n) is 3.99. The Balaban J connectivity index is 1.52. The van der Waals surface area contributed by atoms with Crippen LogP contribution in [0.2, 0.25) is 5.02 Å². The van der Waals surface area contributed by atoms with Crippen LogP contribution in [0.5, 0.6) is 11.5 Å². The zero-order valence-electron chi connectivity index (χ0n) is 16.5. The molecule has 0 fully saturated rings. The Labute approximate surface area is 194 Å². The van der Waals surface area contributed by atoms with Crippen LogP contribution < -0.4 is 9.47 Å². The number of rotatable bonds is 5. The minimum absolute atomic E-state index is 0.0164. The molecule has 5 rings (SSSR count). The third-order valence-corrected chi connectivity index (χ3v) is 6.20. The quantitative estimate of drug-likeness (QED) is 0.488. The summed E-state index contributed by atoms with van der Waals surface area (Å²) in [5, 5.41) is 16.7. The molecule has 0 radical (unpaired) electrons. The van der Waals surface area contributed by atoms with Gasteiger partial charge in [-0.1, -0.05) is 39.7 Å². The van der Waals surface area contributed by atoms with Crippen LogP contribution in [-0.2, 0) is 0 Å². The molecule has 5 nitrogen and oxygen atoms in total. The topological polar surface area (TPSA) is 54.3 Å². The van der Waals surface area contributed by atoms with Gasteiger partial charge in [-0.25, -0.2) is 5.01 Å². The highest BCUT2D eigenvalue weighted by molar-refractivity contribution is 9.10. The van der Waals surface area contributed by atoms with E-state index in [0.717, 1.165) is 39.0 Å². The number of hydrogen-bond acceptors (Lipinski definition) is 5. The van der Waals surface area contributed by atoms with Crippen molar-refractivity contribution in [3.63, 3.8) is 0 Å². The summed E-state index contributed by atoms with van der Waals surface area (Å²) >= 11 is 9.66. The first-order chi connectivity index (χ1) is 15.1. The normalized spacial score (nSPS) is 19.3. The maximum atomic E-state index is 8.96. The van der Waals surface area contributed by atoms with Gasteiger partial charge in [-0.15, -0.1) is 0 Å². The molecular formula is C24H20BrClN2O3. The minimum Gasteiger partial charge on any atom is -0.491 e. The van der Waals surface area contributed by atoms with E-state index >= 15 is 0 Å². The Bertz CT molecular complexity index is 1120. The number of fused-ring (bicyclic) bond motifs is 3. The number of hydrazone groups is 1. The second-order valence-electron chi connectivity index (χ2n) is 7.45. The summed E-state index contributed by atoms with van der Waals surface area (Å²) in [6.07, 6.45) is 0.429. The van der Waals surface area contributed by atoms with Gasteiger partial charge in [0.25, 0.3) is 0 Å². The summed E-state index contributed by atoms with van der Waals surface area (Å²) in [7, 11) is 0. The number of hydrogen-bond donors (Lipinski definition) is 1. The van der Waals surface area contributed by atoms with Crippen LogP contribution in [-0.4, -0.2) is 29.0 Å². The van der Waals surface area contributed by atoms with Gasteiger partial charge in [-0.3, -0.25) is 0 Å². The van der Waals surface area contributed by atoms with Gasteiger partial charge in [-0.2, -0.15) is 5.10 Å². The maximum absolute atomic E-state index is 8.96. The van der Waals surface area contributed by atoms with Crippen LogP contribution in [0.1, 0.15) is 35.4 Å². The molecule has 2 aliphatic rings. The lowest BCUT2D eigenvalue weighted by Gasteiger charge is -2.38. The van der Waals surface area contributed by atoms with Gasteiger partial charge in [0.1, 0.15) is 18.1 Å². The fourth-order valence-corrected chi connectivity index (χ4v) is 4.49. The lowest BCUT2D eigenvalue weighted by molar-refractivity contribution is -0.0191. The molecule has 7 heteroatoms. The molecule has 3 aromatic rings. The van der Waals surface area contributed by atoms with E-state index in [1.807, 2.05) is 65.7 Å². The summed E-state index contributed by atoms with van der Waals surface area (Å²) < 4.78 is 12.9. The van der Waals surface area contributed by atoms with Gasteiger partial charge in [-0.05, 0) is 60.2 Å². The van der Waals surface area contributed by atoms with Gasteiger partial charge >= 0.3 is 0 Å². The van der Waals surface area contributed by atoms with E-state index in [2.05, 4.69) is 22.0 Å². The molecule has 0 spiro atoms. The summed E-state index contributed by atoms with van der Waals surface area (Å²) in [5.41, 5.74) is 4.16. The second kappa shape index (κ2) is 8.54. The van der Waals surface area contributed by atoms with Crippen molar-refractivity contribution in [3.05, 3.63) is 92.9 Å². The molecule has 3 aromatic carbocycles. The first-order valence-corrected chi connectivity index (χ1v) is 11.2. The van der Waals surface area contributed by atoms with Crippen molar-refractivity contribution in [1.82, 2.24) is 5.01 Å². The molecule has 2 atom stereocenters. The Morgan fingerprint density at radius 1 is 1.10 bits per heavy atom. The van der Waals surface area contributed by atoms with E-state index in [9.17, 15) is 0 Å². The van der Waals surface area contributed by atoms with Crippen molar-refractivity contribution in [1.29, 1.82) is 0 Å². The van der Waals surface area contributed by atoms with E-state index in [1.54, 1.807) is 0 Å². The number of aliphatic hydroxyl groups excluding tert-OH is 1. The van der Waals surface area contributed by atoms with Crippen molar-refractivity contribution < 1.29 is 14.6 Å².